The number of rotatable bonds is 11. The van der Waals surface area contributed by atoms with Gasteiger partial charge in [0, 0.05) is 24.5 Å². The van der Waals surface area contributed by atoms with Crippen LogP contribution in [0.2, 0.25) is 0 Å². The van der Waals surface area contributed by atoms with Crippen LogP contribution in [-0.4, -0.2) is 35.1 Å². The zero-order valence-corrected chi connectivity index (χ0v) is 17.6. The molecule has 2 atom stereocenters. The number of nitrogens with zero attached hydrogens (tertiary/aromatic N) is 1. The molecule has 0 saturated heterocycles. The Morgan fingerprint density at radius 3 is 2.58 bits per heavy atom. The van der Waals surface area contributed by atoms with Crippen molar-refractivity contribution in [1.29, 1.82) is 0 Å². The van der Waals surface area contributed by atoms with Gasteiger partial charge in [0.05, 0.1) is 11.3 Å². The summed E-state index contributed by atoms with van der Waals surface area (Å²) in [7, 11) is 0. The summed E-state index contributed by atoms with van der Waals surface area (Å²) in [5, 5.41) is 4.63. The lowest BCUT2D eigenvalue weighted by molar-refractivity contribution is -0.139. The molecule has 0 saturated carbocycles. The average molecular weight is 384 g/mol. The predicted octanol–water partition coefficient (Wildman–Crippen LogP) is 4.90. The van der Waals surface area contributed by atoms with Gasteiger partial charge in [0.25, 0.3) is 0 Å². The fourth-order valence-corrected chi connectivity index (χ4v) is 4.14. The summed E-state index contributed by atoms with van der Waals surface area (Å²) in [6, 6.07) is 0. The van der Waals surface area contributed by atoms with Crippen LogP contribution in [0.1, 0.15) is 73.1 Å². The van der Waals surface area contributed by atoms with E-state index in [0.29, 0.717) is 48.2 Å². The maximum Gasteiger partial charge on any atom is 0.310 e. The second-order valence-corrected chi connectivity index (χ2v) is 8.25. The summed E-state index contributed by atoms with van der Waals surface area (Å²) in [5.74, 6) is 1.45. The van der Waals surface area contributed by atoms with Crippen LogP contribution >= 0.6 is 11.8 Å². The van der Waals surface area contributed by atoms with E-state index in [-0.39, 0.29) is 24.1 Å². The number of carbonyl (C=O) groups is 2. The number of esters is 1. The zero-order chi connectivity index (χ0) is 19.5. The first-order chi connectivity index (χ1) is 12.5. The maximum absolute atomic E-state index is 12.9. The number of hydrogen-bond donors (Lipinski definition) is 0. The lowest BCUT2D eigenvalue weighted by atomic mass is 9.82. The molecule has 0 aromatic heterocycles. The minimum Gasteiger partial charge on any atom is -0.430 e. The number of ketones is 1. The molecule has 1 aliphatic carbocycles. The molecule has 0 aromatic rings. The van der Waals surface area contributed by atoms with E-state index in [1.165, 1.54) is 0 Å². The first-order valence-corrected chi connectivity index (χ1v) is 10.8. The summed E-state index contributed by atoms with van der Waals surface area (Å²) < 4.78 is 5.58. The van der Waals surface area contributed by atoms with Gasteiger partial charge in [-0.05, 0) is 31.4 Å². The van der Waals surface area contributed by atoms with Crippen LogP contribution in [0.25, 0.3) is 0 Å². The molecule has 6 heteroatoms. The molecule has 0 amide bonds. The van der Waals surface area contributed by atoms with E-state index in [9.17, 15) is 9.59 Å². The average Bonchev–Trinajstić information content (AvgIpc) is 2.59. The third kappa shape index (κ3) is 7.14. The van der Waals surface area contributed by atoms with Crippen LogP contribution in [0.15, 0.2) is 16.5 Å². The van der Waals surface area contributed by atoms with Gasteiger partial charge in [-0.15, -0.1) is 0 Å². The van der Waals surface area contributed by atoms with Gasteiger partial charge < -0.3 is 9.57 Å². The molecule has 0 spiro atoms. The molecular weight excluding hydrogens is 350 g/mol. The highest BCUT2D eigenvalue weighted by Crippen LogP contribution is 2.34. The van der Waals surface area contributed by atoms with Gasteiger partial charge in [0.2, 0.25) is 0 Å². The van der Waals surface area contributed by atoms with Gasteiger partial charge in [-0.25, -0.2) is 0 Å². The lowest BCUT2D eigenvalue weighted by Crippen LogP contribution is -2.28. The Labute approximate surface area is 162 Å². The molecule has 0 N–H and O–H groups in total. The number of oxime groups is 1. The predicted molar refractivity (Wildman–Crippen MR) is 107 cm³/mol. The Kier molecular flexibility index (Phi) is 10.6. The van der Waals surface area contributed by atoms with Crippen molar-refractivity contribution in [2.75, 3.05) is 12.4 Å². The number of Topliss-reactive ketones (excluding diaryl/α,β-unsaturated/α-hetero) is 1. The first kappa shape index (κ1) is 22.7. The Morgan fingerprint density at radius 1 is 1.27 bits per heavy atom. The molecule has 2 unspecified atom stereocenters. The van der Waals surface area contributed by atoms with Crippen LogP contribution in [0.4, 0.5) is 0 Å². The Hall–Kier alpha value is -1.30. The van der Waals surface area contributed by atoms with Gasteiger partial charge in [0.1, 0.15) is 12.4 Å². The van der Waals surface area contributed by atoms with Crippen molar-refractivity contribution in [3.05, 3.63) is 11.3 Å². The van der Waals surface area contributed by atoms with Crippen molar-refractivity contribution in [2.24, 2.45) is 11.1 Å². The Bertz CT molecular complexity index is 542. The quantitative estimate of drug-likeness (QED) is 0.288. The normalized spacial score (nSPS) is 19.5. The van der Waals surface area contributed by atoms with Crippen molar-refractivity contribution < 1.29 is 19.2 Å². The van der Waals surface area contributed by atoms with Gasteiger partial charge in [-0.1, -0.05) is 39.3 Å². The van der Waals surface area contributed by atoms with Crippen molar-refractivity contribution >= 4 is 29.2 Å². The number of hydrogen-bond acceptors (Lipinski definition) is 6. The largest absolute Gasteiger partial charge is 0.430 e. The fourth-order valence-electron chi connectivity index (χ4n) is 3.16. The third-order valence-electron chi connectivity index (χ3n) is 4.23. The van der Waals surface area contributed by atoms with Crippen LogP contribution in [0, 0.1) is 5.92 Å². The van der Waals surface area contributed by atoms with Gasteiger partial charge in [-0.3, -0.25) is 9.59 Å². The number of allylic oxidation sites excluding steroid dienone is 2. The molecule has 5 nitrogen and oxygen atoms in total. The van der Waals surface area contributed by atoms with Crippen LogP contribution in [0.3, 0.4) is 0 Å². The number of thioether (sulfide) groups is 1. The number of ether oxygens (including phenoxy) is 1. The standard InChI is InChI=1S/C20H33NO4S/c1-6-10-16(21-24-8-3)20-17(22)12-15(11-14(5)26-9-4)13-18(20)25-19(23)7-2/h14-15H,6-13H2,1-5H3/b21-16+. The first-order valence-electron chi connectivity index (χ1n) is 9.74. The van der Waals surface area contributed by atoms with Gasteiger partial charge >= 0.3 is 5.97 Å². The lowest BCUT2D eigenvalue weighted by Gasteiger charge is -2.27. The monoisotopic (exact) mass is 383 g/mol. The van der Waals surface area contributed by atoms with Crippen molar-refractivity contribution in [3.8, 4) is 0 Å². The summed E-state index contributed by atoms with van der Waals surface area (Å²) in [5.41, 5.74) is 1.07. The van der Waals surface area contributed by atoms with Crippen LogP contribution < -0.4 is 0 Å². The minimum atomic E-state index is -0.311. The zero-order valence-electron chi connectivity index (χ0n) is 16.8. The SMILES string of the molecule is CCC/C(=N\OCC)C1=C(OC(=O)CC)CC(CC(C)SCC)CC1=O. The highest BCUT2D eigenvalue weighted by atomic mass is 32.2. The van der Waals surface area contributed by atoms with Crippen LogP contribution in [0.5, 0.6) is 0 Å². The van der Waals surface area contributed by atoms with E-state index in [0.717, 1.165) is 18.6 Å². The van der Waals surface area contributed by atoms with E-state index in [1.807, 2.05) is 25.6 Å². The molecule has 0 bridgehead atoms. The fraction of sp³-hybridized carbons (Fsp3) is 0.750. The second kappa shape index (κ2) is 12.2. The topological polar surface area (TPSA) is 65.0 Å². The summed E-state index contributed by atoms with van der Waals surface area (Å²) in [6.45, 7) is 10.4. The smallest absolute Gasteiger partial charge is 0.310 e. The van der Waals surface area contributed by atoms with Crippen LogP contribution in [-0.2, 0) is 19.2 Å². The molecule has 26 heavy (non-hydrogen) atoms. The van der Waals surface area contributed by atoms with Crippen molar-refractivity contribution in [1.82, 2.24) is 0 Å². The molecule has 0 fully saturated rings. The molecule has 148 valence electrons. The molecular formula is C20H33NO4S. The third-order valence-corrected chi connectivity index (χ3v) is 5.32. The molecule has 1 aliphatic rings. The summed E-state index contributed by atoms with van der Waals surface area (Å²) >= 11 is 1.89. The summed E-state index contributed by atoms with van der Waals surface area (Å²) in [4.78, 5) is 30.0. The second-order valence-electron chi connectivity index (χ2n) is 6.53. The van der Waals surface area contributed by atoms with E-state index in [2.05, 4.69) is 19.0 Å². The highest BCUT2D eigenvalue weighted by molar-refractivity contribution is 7.99. The summed E-state index contributed by atoms with van der Waals surface area (Å²) in [6.07, 6.45) is 3.77. The van der Waals surface area contributed by atoms with E-state index in [1.54, 1.807) is 6.92 Å². The van der Waals surface area contributed by atoms with Crippen molar-refractivity contribution in [3.63, 3.8) is 0 Å². The van der Waals surface area contributed by atoms with E-state index < -0.39 is 0 Å². The molecule has 0 radical (unpaired) electrons. The van der Waals surface area contributed by atoms with E-state index >= 15 is 0 Å². The highest BCUT2D eigenvalue weighted by Gasteiger charge is 2.33. The number of carbonyl (C=O) groups excluding carboxylic acids is 2. The van der Waals surface area contributed by atoms with E-state index in [4.69, 9.17) is 9.57 Å². The molecule has 1 rings (SSSR count). The molecule has 0 heterocycles. The van der Waals surface area contributed by atoms with Gasteiger partial charge in [0.15, 0.2) is 5.78 Å². The van der Waals surface area contributed by atoms with Crippen molar-refractivity contribution in [2.45, 2.75) is 78.4 Å². The maximum atomic E-state index is 12.9. The Morgan fingerprint density at radius 2 is 2.00 bits per heavy atom. The van der Waals surface area contributed by atoms with Gasteiger partial charge in [-0.2, -0.15) is 11.8 Å². The minimum absolute atomic E-state index is 0.0146. The Balaban J connectivity index is 3.15. The molecule has 0 aromatic carbocycles. The molecule has 0 aliphatic heterocycles.